The van der Waals surface area contributed by atoms with Crippen LogP contribution >= 0.6 is 0 Å². The molecule has 6 nitrogen and oxygen atoms in total. The van der Waals surface area contributed by atoms with Crippen molar-refractivity contribution in [3.05, 3.63) is 77.0 Å². The van der Waals surface area contributed by atoms with Gasteiger partial charge in [0.15, 0.2) is 11.4 Å². The number of Topliss-reactive ketones (excluding diaryl/α,β-unsaturated/α-hetero) is 1. The molecule has 1 fully saturated rings. The summed E-state index contributed by atoms with van der Waals surface area (Å²) in [6.07, 6.45) is 1.70. The van der Waals surface area contributed by atoms with Crippen LogP contribution < -0.4 is 10.1 Å². The van der Waals surface area contributed by atoms with Gasteiger partial charge >= 0.3 is 0 Å². The molecule has 0 atom stereocenters. The van der Waals surface area contributed by atoms with Crippen LogP contribution in [0.15, 0.2) is 48.7 Å². The van der Waals surface area contributed by atoms with Crippen LogP contribution in [-0.2, 0) is 4.74 Å². The number of benzene rings is 2. The highest BCUT2D eigenvalue weighted by Gasteiger charge is 2.47. The number of pyridine rings is 1. The Hall–Kier alpha value is -3.65. The Morgan fingerprint density at radius 2 is 1.84 bits per heavy atom. The number of carbonyl (C=O) groups is 2. The number of anilines is 1. The summed E-state index contributed by atoms with van der Waals surface area (Å²) in [5.74, 6) is -2.27. The minimum atomic E-state index is -0.944. The predicted octanol–water partition coefficient (Wildman–Crippen LogP) is 4.32. The molecule has 162 valence electrons. The maximum Gasteiger partial charge on any atom is 0.261 e. The number of fused-ring (bicyclic) bond motifs is 1. The van der Waals surface area contributed by atoms with E-state index >= 15 is 0 Å². The number of halogens is 2. The normalized spacial score (nSPS) is 16.2. The van der Waals surface area contributed by atoms with E-state index in [-0.39, 0.29) is 11.5 Å². The average molecular weight is 436 g/mol. The van der Waals surface area contributed by atoms with Crippen LogP contribution in [-0.4, -0.2) is 35.5 Å². The lowest BCUT2D eigenvalue weighted by molar-refractivity contribution is -0.162. The van der Waals surface area contributed by atoms with Gasteiger partial charge in [0.05, 0.1) is 42.8 Å². The fraction of sp³-hybridized carbons (Fsp3) is 0.208. The molecule has 2 aliphatic heterocycles. The minimum Gasteiger partial charge on any atom is -0.481 e. The third-order valence-corrected chi connectivity index (χ3v) is 5.65. The first kappa shape index (κ1) is 20.3. The smallest absolute Gasteiger partial charge is 0.261 e. The van der Waals surface area contributed by atoms with E-state index in [1.54, 1.807) is 24.3 Å². The number of aromatic nitrogens is 1. The third kappa shape index (κ3) is 3.42. The summed E-state index contributed by atoms with van der Waals surface area (Å²) >= 11 is 0. The van der Waals surface area contributed by atoms with Gasteiger partial charge in [-0.25, -0.2) is 8.78 Å². The van der Waals surface area contributed by atoms with Gasteiger partial charge in [-0.05, 0) is 48.9 Å². The summed E-state index contributed by atoms with van der Waals surface area (Å²) in [5.41, 5.74) is 1.80. The van der Waals surface area contributed by atoms with Gasteiger partial charge in [-0.15, -0.1) is 0 Å². The highest BCUT2D eigenvalue weighted by Crippen LogP contribution is 2.40. The molecule has 1 amide bonds. The molecule has 32 heavy (non-hydrogen) atoms. The molecule has 1 N–H and O–H groups in total. The second kappa shape index (κ2) is 7.49. The predicted molar refractivity (Wildman–Crippen MR) is 112 cm³/mol. The second-order valence-corrected chi connectivity index (χ2v) is 8.02. The zero-order valence-electron chi connectivity index (χ0n) is 17.1. The summed E-state index contributed by atoms with van der Waals surface area (Å²) in [7, 11) is 0. The molecule has 1 spiro atoms. The Morgan fingerprint density at radius 1 is 1.09 bits per heavy atom. The summed E-state index contributed by atoms with van der Waals surface area (Å²) in [5, 5.41) is 2.45. The van der Waals surface area contributed by atoms with Crippen molar-refractivity contribution in [3.63, 3.8) is 0 Å². The van der Waals surface area contributed by atoms with Crippen molar-refractivity contribution in [1.82, 2.24) is 4.98 Å². The molecule has 1 saturated heterocycles. The Morgan fingerprint density at radius 3 is 2.47 bits per heavy atom. The molecule has 5 rings (SSSR count). The van der Waals surface area contributed by atoms with Crippen molar-refractivity contribution < 1.29 is 27.8 Å². The maximum atomic E-state index is 13.8. The summed E-state index contributed by atoms with van der Waals surface area (Å²) in [6, 6.07) is 10.1. The summed E-state index contributed by atoms with van der Waals surface area (Å²) in [6.45, 7) is 2.64. The van der Waals surface area contributed by atoms with Gasteiger partial charge in [0.1, 0.15) is 22.9 Å². The fourth-order valence-electron chi connectivity index (χ4n) is 3.95. The SMILES string of the molecule is Cc1cc2c(cc1-c1ccc(NC(=O)c3c(F)cccc3F)cn1)OC1(COC1)CC2=O. The number of nitrogens with one attached hydrogen (secondary N) is 1. The van der Waals surface area contributed by atoms with Crippen molar-refractivity contribution >= 4 is 17.4 Å². The van der Waals surface area contributed by atoms with Gasteiger partial charge in [0.2, 0.25) is 0 Å². The molecule has 2 aromatic carbocycles. The molecule has 0 radical (unpaired) electrons. The molecule has 8 heteroatoms. The van der Waals surface area contributed by atoms with E-state index in [0.29, 0.717) is 36.6 Å². The van der Waals surface area contributed by atoms with Crippen LogP contribution in [0.3, 0.4) is 0 Å². The highest BCUT2D eigenvalue weighted by molar-refractivity contribution is 6.04. The monoisotopic (exact) mass is 436 g/mol. The minimum absolute atomic E-state index is 0.0237. The van der Waals surface area contributed by atoms with Crippen LogP contribution in [0.1, 0.15) is 32.7 Å². The van der Waals surface area contributed by atoms with E-state index in [1.807, 2.05) is 6.92 Å². The molecule has 2 aliphatic rings. The van der Waals surface area contributed by atoms with Crippen LogP contribution in [0.5, 0.6) is 5.75 Å². The fourth-order valence-corrected chi connectivity index (χ4v) is 3.95. The molecular formula is C24H18F2N2O4. The van der Waals surface area contributed by atoms with Gasteiger partial charge in [-0.3, -0.25) is 14.6 Å². The second-order valence-electron chi connectivity index (χ2n) is 8.02. The van der Waals surface area contributed by atoms with Crippen molar-refractivity contribution in [2.75, 3.05) is 18.5 Å². The number of aryl methyl sites for hydroxylation is 1. The van der Waals surface area contributed by atoms with Crippen LogP contribution in [0.4, 0.5) is 14.5 Å². The van der Waals surface area contributed by atoms with Gasteiger partial charge in [0, 0.05) is 5.56 Å². The number of hydrogen-bond donors (Lipinski definition) is 1. The molecule has 3 aromatic rings. The third-order valence-electron chi connectivity index (χ3n) is 5.65. The first-order chi connectivity index (χ1) is 15.3. The van der Waals surface area contributed by atoms with E-state index in [1.165, 1.54) is 12.3 Å². The lowest BCUT2D eigenvalue weighted by Crippen LogP contribution is -2.57. The first-order valence-electron chi connectivity index (χ1n) is 10.0. The lowest BCUT2D eigenvalue weighted by Gasteiger charge is -2.43. The van der Waals surface area contributed by atoms with Crippen molar-refractivity contribution in [1.29, 1.82) is 0 Å². The highest BCUT2D eigenvalue weighted by atomic mass is 19.1. The average Bonchev–Trinajstić information content (AvgIpc) is 2.73. The van der Waals surface area contributed by atoms with E-state index in [2.05, 4.69) is 10.3 Å². The molecule has 1 aromatic heterocycles. The topological polar surface area (TPSA) is 77.5 Å². The Balaban J connectivity index is 1.40. The Labute approximate surface area is 182 Å². The van der Waals surface area contributed by atoms with Crippen molar-refractivity contribution in [2.24, 2.45) is 0 Å². The molecular weight excluding hydrogens is 418 g/mol. The summed E-state index contributed by atoms with van der Waals surface area (Å²) < 4.78 is 39.0. The van der Waals surface area contributed by atoms with Crippen molar-refractivity contribution in [3.8, 4) is 17.0 Å². The first-order valence-corrected chi connectivity index (χ1v) is 10.0. The summed E-state index contributed by atoms with van der Waals surface area (Å²) in [4.78, 5) is 29.2. The van der Waals surface area contributed by atoms with E-state index in [0.717, 1.165) is 23.3 Å². The zero-order chi connectivity index (χ0) is 22.5. The Bertz CT molecular complexity index is 1230. The van der Waals surface area contributed by atoms with Crippen LogP contribution in [0, 0.1) is 18.6 Å². The number of ketones is 1. The van der Waals surface area contributed by atoms with E-state index in [9.17, 15) is 18.4 Å². The van der Waals surface area contributed by atoms with Crippen molar-refractivity contribution in [2.45, 2.75) is 18.9 Å². The van der Waals surface area contributed by atoms with Crippen LogP contribution in [0.25, 0.3) is 11.3 Å². The maximum absolute atomic E-state index is 13.8. The van der Waals surface area contributed by atoms with Gasteiger partial charge < -0.3 is 14.8 Å². The van der Waals surface area contributed by atoms with Gasteiger partial charge in [-0.1, -0.05) is 6.07 Å². The number of ether oxygens (including phenoxy) is 2. The standard InChI is InChI=1S/C24H18F2N2O4/c1-13-7-16-20(29)9-24(11-31-12-24)32-21(16)8-15(13)19-6-5-14(10-27-19)28-23(30)22-17(25)3-2-4-18(22)26/h2-8,10H,9,11-12H2,1H3,(H,28,30). The molecule has 0 aliphatic carbocycles. The quantitative estimate of drug-likeness (QED) is 0.662. The van der Waals surface area contributed by atoms with E-state index < -0.39 is 28.7 Å². The number of nitrogens with zero attached hydrogens (tertiary/aromatic N) is 1. The van der Waals surface area contributed by atoms with Crippen LogP contribution in [0.2, 0.25) is 0 Å². The lowest BCUT2D eigenvalue weighted by atomic mass is 9.87. The van der Waals surface area contributed by atoms with Gasteiger partial charge in [-0.2, -0.15) is 0 Å². The zero-order valence-corrected chi connectivity index (χ0v) is 17.1. The largest absolute Gasteiger partial charge is 0.481 e. The molecule has 0 saturated carbocycles. The molecule has 0 unspecified atom stereocenters. The number of amides is 1. The number of carbonyl (C=O) groups excluding carboxylic acids is 2. The van der Waals surface area contributed by atoms with Gasteiger partial charge in [0.25, 0.3) is 5.91 Å². The van der Waals surface area contributed by atoms with E-state index in [4.69, 9.17) is 9.47 Å². The number of rotatable bonds is 3. The molecule has 0 bridgehead atoms. The molecule has 3 heterocycles. The number of hydrogen-bond acceptors (Lipinski definition) is 5. The Kier molecular flexibility index (Phi) is 4.74.